The monoisotopic (exact) mass is 268 g/mol. The maximum Gasteiger partial charge on any atom is 0.346 e. The molecule has 0 fully saturated rings. The molecule has 1 aromatic rings. The zero-order valence-electron chi connectivity index (χ0n) is 12.3. The second-order valence-electron chi connectivity index (χ2n) is 5.01. The van der Waals surface area contributed by atoms with Crippen LogP contribution in [0.3, 0.4) is 0 Å². The lowest BCUT2D eigenvalue weighted by Gasteiger charge is -2.14. The van der Waals surface area contributed by atoms with E-state index in [2.05, 4.69) is 17.3 Å². The van der Waals surface area contributed by atoms with Crippen molar-refractivity contribution in [2.45, 2.75) is 52.0 Å². The van der Waals surface area contributed by atoms with E-state index in [4.69, 9.17) is 0 Å². The van der Waals surface area contributed by atoms with Crippen molar-refractivity contribution in [2.24, 2.45) is 14.1 Å². The number of rotatable bonds is 7. The molecule has 1 atom stereocenters. The van der Waals surface area contributed by atoms with Crippen molar-refractivity contribution in [3.05, 3.63) is 20.8 Å². The summed E-state index contributed by atoms with van der Waals surface area (Å²) in [4.78, 5) is 23.4. The number of hydrogen-bond donors (Lipinski definition) is 1. The molecular formula is C13H24N4O2. The summed E-state index contributed by atoms with van der Waals surface area (Å²) in [5, 5.41) is 7.07. The number of hydrogen-bond acceptors (Lipinski definition) is 4. The summed E-state index contributed by atoms with van der Waals surface area (Å²) in [6.07, 6.45) is 5.79. The lowest BCUT2D eigenvalue weighted by molar-refractivity contribution is 0.575. The molecule has 1 heterocycles. The molecule has 0 amide bonds. The first kappa shape index (κ1) is 15.5. The van der Waals surface area contributed by atoms with E-state index in [0.29, 0.717) is 0 Å². The Morgan fingerprint density at radius 3 is 2.53 bits per heavy atom. The van der Waals surface area contributed by atoms with Crippen molar-refractivity contribution < 1.29 is 0 Å². The Kier molecular flexibility index (Phi) is 5.79. The Labute approximate surface area is 113 Å². The molecule has 1 unspecified atom stereocenters. The van der Waals surface area contributed by atoms with Crippen LogP contribution in [0, 0.1) is 0 Å². The van der Waals surface area contributed by atoms with Gasteiger partial charge in [-0.3, -0.25) is 9.36 Å². The van der Waals surface area contributed by atoms with Crippen LogP contribution in [0.5, 0.6) is 0 Å². The maximum absolute atomic E-state index is 11.9. The summed E-state index contributed by atoms with van der Waals surface area (Å²) >= 11 is 0. The summed E-state index contributed by atoms with van der Waals surface area (Å²) in [6, 6.07) is 0.176. The van der Waals surface area contributed by atoms with Crippen LogP contribution >= 0.6 is 0 Å². The van der Waals surface area contributed by atoms with E-state index in [1.165, 1.54) is 31.0 Å². The fraction of sp³-hybridized carbons (Fsp3) is 0.769. The van der Waals surface area contributed by atoms with E-state index < -0.39 is 5.69 Å². The lowest BCUT2D eigenvalue weighted by Crippen LogP contribution is -2.40. The van der Waals surface area contributed by atoms with Gasteiger partial charge in [0.2, 0.25) is 5.82 Å². The van der Waals surface area contributed by atoms with Gasteiger partial charge in [-0.2, -0.15) is 0 Å². The Morgan fingerprint density at radius 1 is 1.21 bits per heavy atom. The summed E-state index contributed by atoms with van der Waals surface area (Å²) in [5.74, 6) is 0.243. The van der Waals surface area contributed by atoms with E-state index >= 15 is 0 Å². The number of unbranched alkanes of at least 4 members (excludes halogenated alkanes) is 3. The molecule has 108 valence electrons. The molecule has 1 aromatic heterocycles. The molecule has 0 spiro atoms. The third-order valence-corrected chi connectivity index (χ3v) is 3.19. The van der Waals surface area contributed by atoms with Crippen LogP contribution in [0.1, 0.15) is 46.0 Å². The van der Waals surface area contributed by atoms with Gasteiger partial charge in [0.15, 0.2) is 0 Å². The van der Waals surface area contributed by atoms with E-state index in [-0.39, 0.29) is 17.4 Å². The van der Waals surface area contributed by atoms with Gasteiger partial charge in [0.05, 0.1) is 0 Å². The number of anilines is 1. The summed E-state index contributed by atoms with van der Waals surface area (Å²) in [6.45, 7) is 4.21. The number of aryl methyl sites for hydroxylation is 1. The van der Waals surface area contributed by atoms with Crippen LogP contribution in [-0.4, -0.2) is 20.4 Å². The van der Waals surface area contributed by atoms with Crippen molar-refractivity contribution in [3.8, 4) is 0 Å². The molecule has 0 saturated carbocycles. The summed E-state index contributed by atoms with van der Waals surface area (Å²) in [7, 11) is 3.00. The molecule has 0 aliphatic heterocycles. The average Bonchev–Trinajstić information content (AvgIpc) is 2.38. The SMILES string of the molecule is CCCCCCC(C)Nc1nn(C)c(=O)n(C)c1=O. The van der Waals surface area contributed by atoms with Gasteiger partial charge in [-0.25, -0.2) is 9.48 Å². The molecule has 1 rings (SSSR count). The van der Waals surface area contributed by atoms with Crippen LogP contribution in [0.25, 0.3) is 0 Å². The van der Waals surface area contributed by atoms with Crippen molar-refractivity contribution >= 4 is 5.82 Å². The largest absolute Gasteiger partial charge is 0.362 e. The first-order valence-electron chi connectivity index (χ1n) is 6.88. The molecule has 6 nitrogen and oxygen atoms in total. The smallest absolute Gasteiger partial charge is 0.346 e. The van der Waals surface area contributed by atoms with Crippen molar-refractivity contribution in [3.63, 3.8) is 0 Å². The van der Waals surface area contributed by atoms with Gasteiger partial charge in [0.25, 0.3) is 5.56 Å². The molecule has 1 N–H and O–H groups in total. The van der Waals surface area contributed by atoms with Gasteiger partial charge in [0.1, 0.15) is 0 Å². The first-order valence-corrected chi connectivity index (χ1v) is 6.88. The van der Waals surface area contributed by atoms with Crippen LogP contribution < -0.4 is 16.6 Å². The minimum atomic E-state index is -0.411. The predicted molar refractivity (Wildman–Crippen MR) is 76.6 cm³/mol. The Bertz CT molecular complexity index is 518. The van der Waals surface area contributed by atoms with Crippen molar-refractivity contribution in [2.75, 3.05) is 5.32 Å². The lowest BCUT2D eigenvalue weighted by atomic mass is 10.1. The van der Waals surface area contributed by atoms with Gasteiger partial charge >= 0.3 is 5.69 Å². The van der Waals surface area contributed by atoms with Crippen molar-refractivity contribution in [1.82, 2.24) is 14.3 Å². The molecule has 0 aliphatic carbocycles. The highest BCUT2D eigenvalue weighted by Crippen LogP contribution is 2.07. The normalized spacial score (nSPS) is 12.4. The van der Waals surface area contributed by atoms with Crippen LogP contribution in [0.4, 0.5) is 5.82 Å². The summed E-state index contributed by atoms with van der Waals surface area (Å²) < 4.78 is 2.24. The van der Waals surface area contributed by atoms with Gasteiger partial charge in [0, 0.05) is 20.1 Å². The first-order chi connectivity index (χ1) is 8.97. The third-order valence-electron chi connectivity index (χ3n) is 3.19. The quantitative estimate of drug-likeness (QED) is 0.756. The molecule has 0 bridgehead atoms. The van der Waals surface area contributed by atoms with Crippen LogP contribution in [0.2, 0.25) is 0 Å². The standard InChI is InChI=1S/C13H24N4O2/c1-5-6-7-8-9-10(2)14-11-12(18)16(3)13(19)17(4)15-11/h10H,5-9H2,1-4H3,(H,14,15). The van der Waals surface area contributed by atoms with Crippen molar-refractivity contribution in [1.29, 1.82) is 0 Å². The minimum absolute atomic E-state index is 0.176. The third kappa shape index (κ3) is 4.22. The van der Waals surface area contributed by atoms with Gasteiger partial charge in [-0.15, -0.1) is 5.10 Å². The molecular weight excluding hydrogens is 244 g/mol. The topological polar surface area (TPSA) is 68.9 Å². The van der Waals surface area contributed by atoms with E-state index in [0.717, 1.165) is 17.4 Å². The zero-order chi connectivity index (χ0) is 14.4. The van der Waals surface area contributed by atoms with Gasteiger partial charge in [-0.05, 0) is 13.3 Å². The number of nitrogens with zero attached hydrogens (tertiary/aromatic N) is 3. The van der Waals surface area contributed by atoms with E-state index in [9.17, 15) is 9.59 Å². The van der Waals surface area contributed by atoms with Crippen LogP contribution in [-0.2, 0) is 14.1 Å². The molecule has 0 aliphatic rings. The highest BCUT2D eigenvalue weighted by Gasteiger charge is 2.10. The minimum Gasteiger partial charge on any atom is -0.362 e. The average molecular weight is 268 g/mol. The Morgan fingerprint density at radius 2 is 1.89 bits per heavy atom. The van der Waals surface area contributed by atoms with Crippen LogP contribution in [0.15, 0.2) is 9.59 Å². The Hall–Kier alpha value is -1.59. The zero-order valence-corrected chi connectivity index (χ0v) is 12.3. The molecule has 6 heteroatoms. The molecule has 0 radical (unpaired) electrons. The second-order valence-corrected chi connectivity index (χ2v) is 5.01. The molecule has 0 saturated heterocycles. The fourth-order valence-electron chi connectivity index (χ4n) is 1.97. The number of aromatic nitrogens is 3. The highest BCUT2D eigenvalue weighted by molar-refractivity contribution is 5.30. The van der Waals surface area contributed by atoms with Gasteiger partial charge in [-0.1, -0.05) is 32.6 Å². The van der Waals surface area contributed by atoms with E-state index in [1.807, 2.05) is 6.92 Å². The molecule has 19 heavy (non-hydrogen) atoms. The second kappa shape index (κ2) is 7.11. The molecule has 0 aromatic carbocycles. The summed E-state index contributed by atoms with van der Waals surface area (Å²) in [5.41, 5.74) is -0.783. The highest BCUT2D eigenvalue weighted by atomic mass is 16.2. The fourth-order valence-corrected chi connectivity index (χ4v) is 1.97. The maximum atomic E-state index is 11.9. The predicted octanol–water partition coefficient (Wildman–Crippen LogP) is 1.25. The van der Waals surface area contributed by atoms with E-state index in [1.54, 1.807) is 7.05 Å². The van der Waals surface area contributed by atoms with Gasteiger partial charge < -0.3 is 5.32 Å². The Balaban J connectivity index is 2.67. The number of nitrogens with one attached hydrogen (secondary N) is 1.